The quantitative estimate of drug-likeness (QED) is 0.297. The Balaban J connectivity index is 1.68. The van der Waals surface area contributed by atoms with Gasteiger partial charge < -0.3 is 10.2 Å². The van der Waals surface area contributed by atoms with Gasteiger partial charge in [-0.05, 0) is 60.7 Å². The van der Waals surface area contributed by atoms with Crippen LogP contribution in [0, 0.1) is 0 Å². The van der Waals surface area contributed by atoms with Crippen molar-refractivity contribution in [2.24, 2.45) is 0 Å². The maximum Gasteiger partial charge on any atom is 0.335 e. The van der Waals surface area contributed by atoms with Crippen LogP contribution >= 0.6 is 0 Å². The number of carboxylic acid groups (broad SMARTS) is 2. The van der Waals surface area contributed by atoms with E-state index in [1.807, 2.05) is 0 Å². The molecule has 0 saturated carbocycles. The van der Waals surface area contributed by atoms with Crippen LogP contribution < -0.4 is 8.61 Å². The lowest BCUT2D eigenvalue weighted by atomic mass is 10.1. The minimum Gasteiger partial charge on any atom is -0.478 e. The predicted molar refractivity (Wildman–Crippen MR) is 155 cm³/mol. The number of carbonyl (C=O) groups excluding carboxylic acids is 2. The van der Waals surface area contributed by atoms with Gasteiger partial charge in [0, 0.05) is 11.1 Å². The summed E-state index contributed by atoms with van der Waals surface area (Å²) in [5, 5.41) is 18.9. The van der Waals surface area contributed by atoms with Gasteiger partial charge in [-0.2, -0.15) is 0 Å². The van der Waals surface area contributed by atoms with Crippen LogP contribution in [0.2, 0.25) is 0 Å². The third kappa shape index (κ3) is 4.19. The number of hydrogen-bond donors (Lipinski definition) is 2. The number of rotatable bonds is 6. The van der Waals surface area contributed by atoms with Crippen molar-refractivity contribution < 1.29 is 46.2 Å². The molecule has 0 spiro atoms. The number of anilines is 2. The lowest BCUT2D eigenvalue weighted by molar-refractivity contribution is 0.0685. The molecule has 2 N–H and O–H groups in total. The number of hydrogen-bond acceptors (Lipinski definition) is 8. The zero-order chi connectivity index (χ0) is 31.6. The molecule has 0 aliphatic carbocycles. The molecule has 0 amide bonds. The maximum atomic E-state index is 14.2. The summed E-state index contributed by atoms with van der Waals surface area (Å²) in [6.45, 7) is 0. The molecule has 4 aromatic carbocycles. The molecule has 0 atom stereocenters. The van der Waals surface area contributed by atoms with Gasteiger partial charge in [-0.3, -0.25) is 9.59 Å². The summed E-state index contributed by atoms with van der Waals surface area (Å²) in [5.74, 6) is -4.79. The van der Waals surface area contributed by atoms with Crippen molar-refractivity contribution in [3.63, 3.8) is 0 Å². The van der Waals surface area contributed by atoms with E-state index in [4.69, 9.17) is 0 Å². The second kappa shape index (κ2) is 10.00. The Morgan fingerprint density at radius 2 is 0.886 bits per heavy atom. The highest BCUT2D eigenvalue weighted by Gasteiger charge is 2.50. The fraction of sp³-hybridized carbons (Fsp3) is 0. The van der Waals surface area contributed by atoms with Crippen LogP contribution in [0.5, 0.6) is 0 Å². The first-order chi connectivity index (χ1) is 20.9. The number of benzene rings is 4. The second-order valence-corrected chi connectivity index (χ2v) is 13.2. The van der Waals surface area contributed by atoms with Crippen LogP contribution in [0.25, 0.3) is 0 Å². The molecule has 0 fully saturated rings. The van der Waals surface area contributed by atoms with Crippen molar-refractivity contribution in [1.29, 1.82) is 0 Å². The Morgan fingerprint density at radius 3 is 1.25 bits per heavy atom. The maximum absolute atomic E-state index is 14.2. The van der Waals surface area contributed by atoms with E-state index in [0.29, 0.717) is 8.61 Å². The Labute approximate surface area is 249 Å². The lowest BCUT2D eigenvalue weighted by Crippen LogP contribution is -2.36. The molecule has 0 unspecified atom stereocenters. The molecule has 2 aliphatic rings. The highest BCUT2D eigenvalue weighted by atomic mass is 32.2. The third-order valence-electron chi connectivity index (χ3n) is 7.03. The molecule has 6 rings (SSSR count). The molecule has 4 aromatic rings. The molecule has 12 nitrogen and oxygen atoms in total. The molecule has 2 aliphatic heterocycles. The van der Waals surface area contributed by atoms with Gasteiger partial charge in [0.2, 0.25) is 11.6 Å². The van der Waals surface area contributed by atoms with E-state index < -0.39 is 64.7 Å². The van der Waals surface area contributed by atoms with Gasteiger partial charge >= 0.3 is 11.9 Å². The number of Topliss-reactive ketones (excluding diaryl/α,β-unsaturated/α-hetero) is 2. The summed E-state index contributed by atoms with van der Waals surface area (Å²) in [6.07, 6.45) is 0. The van der Waals surface area contributed by atoms with E-state index in [1.54, 1.807) is 0 Å². The number of sulfonamides is 2. The Kier molecular flexibility index (Phi) is 6.48. The van der Waals surface area contributed by atoms with Gasteiger partial charge in [0.15, 0.2) is 0 Å². The minimum atomic E-state index is -4.85. The molecule has 0 aromatic heterocycles. The number of fused-ring (bicyclic) bond motifs is 2. The molecular weight excluding hydrogens is 612 g/mol. The number of carboxylic acids is 2. The molecule has 2 heterocycles. The van der Waals surface area contributed by atoms with Crippen molar-refractivity contribution in [3.05, 3.63) is 131 Å². The first-order valence-corrected chi connectivity index (χ1v) is 15.5. The largest absolute Gasteiger partial charge is 0.478 e. The van der Waals surface area contributed by atoms with Crippen molar-refractivity contribution in [2.75, 3.05) is 8.61 Å². The van der Waals surface area contributed by atoms with Gasteiger partial charge in [0.05, 0.1) is 32.3 Å². The number of aromatic carboxylic acids is 2. The smallest absolute Gasteiger partial charge is 0.335 e. The average molecular weight is 631 g/mol. The Hall–Kier alpha value is -5.60. The van der Waals surface area contributed by atoms with Crippen LogP contribution in [0.15, 0.2) is 118 Å². The van der Waals surface area contributed by atoms with E-state index >= 15 is 0 Å². The zero-order valence-corrected chi connectivity index (χ0v) is 23.7. The first kappa shape index (κ1) is 28.5. The van der Waals surface area contributed by atoms with E-state index in [9.17, 15) is 46.2 Å². The second-order valence-electron chi connectivity index (χ2n) is 9.59. The number of para-hydroxylation sites is 2. The average Bonchev–Trinajstić information content (AvgIpc) is 3.48. The number of allylic oxidation sites excluding steroid dienone is 2. The van der Waals surface area contributed by atoms with Crippen molar-refractivity contribution in [1.82, 2.24) is 0 Å². The van der Waals surface area contributed by atoms with Gasteiger partial charge in [-0.15, -0.1) is 0 Å². The molecule has 0 saturated heterocycles. The molecule has 0 bridgehead atoms. The Bertz CT molecular complexity index is 2070. The molecule has 14 heteroatoms. The van der Waals surface area contributed by atoms with Gasteiger partial charge in [0.25, 0.3) is 20.0 Å². The SMILES string of the molecule is O=C(O)c1cccc(S(=O)(=O)N2/C(=C3\C(=O)c4ccccc4N3S(=O)(=O)c3cccc(C(=O)O)c3)C(=O)c3ccccc32)c1. The van der Waals surface area contributed by atoms with Crippen LogP contribution in [0.1, 0.15) is 41.4 Å². The summed E-state index contributed by atoms with van der Waals surface area (Å²) < 4.78 is 57.9. The normalized spacial score (nSPS) is 16.2. The van der Waals surface area contributed by atoms with Crippen molar-refractivity contribution in [2.45, 2.75) is 9.79 Å². The summed E-state index contributed by atoms with van der Waals surface area (Å²) in [4.78, 5) is 50.1. The van der Waals surface area contributed by atoms with E-state index in [0.717, 1.165) is 24.3 Å². The predicted octanol–water partition coefficient (Wildman–Crippen LogP) is 3.78. The Morgan fingerprint density at radius 1 is 0.523 bits per heavy atom. The van der Waals surface area contributed by atoms with Gasteiger partial charge in [-0.25, -0.2) is 35.0 Å². The highest BCUT2D eigenvalue weighted by molar-refractivity contribution is 7.93. The molecule has 220 valence electrons. The minimum absolute atomic E-state index is 0.151. The fourth-order valence-corrected chi connectivity index (χ4v) is 8.19. The topological polar surface area (TPSA) is 183 Å². The summed E-state index contributed by atoms with van der Waals surface area (Å²) in [6, 6.07) is 19.7. The molecule has 44 heavy (non-hydrogen) atoms. The molecule has 0 radical (unpaired) electrons. The summed E-state index contributed by atoms with van der Waals surface area (Å²) >= 11 is 0. The summed E-state index contributed by atoms with van der Waals surface area (Å²) in [7, 11) is -9.70. The lowest BCUT2D eigenvalue weighted by Gasteiger charge is -2.26. The van der Waals surface area contributed by atoms with Crippen LogP contribution in [0.4, 0.5) is 11.4 Å². The standard InChI is InChI=1S/C30H18N2O10S2/c33-27-21-11-1-3-13-23(21)31(43(39,40)19-9-5-7-17(15-19)29(35)36)25(27)26-28(34)22-12-2-4-14-24(22)32(26)44(41,42)20-10-6-8-18(16-20)30(37)38/h1-16H,(H,35,36)(H,37,38)/b26-25+. The number of nitrogens with zero attached hydrogens (tertiary/aromatic N) is 2. The van der Waals surface area contributed by atoms with Gasteiger partial charge in [0.1, 0.15) is 11.4 Å². The van der Waals surface area contributed by atoms with E-state index in [-0.39, 0.29) is 33.6 Å². The van der Waals surface area contributed by atoms with Crippen LogP contribution in [-0.4, -0.2) is 50.6 Å². The van der Waals surface area contributed by atoms with Crippen LogP contribution in [0.3, 0.4) is 0 Å². The molecular formula is C30H18N2O10S2. The third-order valence-corrected chi connectivity index (χ3v) is 10.5. The van der Waals surface area contributed by atoms with Gasteiger partial charge in [-0.1, -0.05) is 36.4 Å². The van der Waals surface area contributed by atoms with E-state index in [1.165, 1.54) is 72.8 Å². The number of carbonyl (C=O) groups is 4. The van der Waals surface area contributed by atoms with E-state index in [2.05, 4.69) is 0 Å². The summed E-state index contributed by atoms with van der Waals surface area (Å²) in [5.41, 5.74) is -3.01. The van der Waals surface area contributed by atoms with Crippen molar-refractivity contribution >= 4 is 54.9 Å². The van der Waals surface area contributed by atoms with Crippen molar-refractivity contribution in [3.8, 4) is 0 Å². The fourth-order valence-electron chi connectivity index (χ4n) is 5.06. The zero-order valence-electron chi connectivity index (χ0n) is 22.1. The van der Waals surface area contributed by atoms with Crippen LogP contribution in [-0.2, 0) is 20.0 Å². The highest BCUT2D eigenvalue weighted by Crippen LogP contribution is 2.46. The number of ketones is 2. The monoisotopic (exact) mass is 630 g/mol. The first-order valence-electron chi connectivity index (χ1n) is 12.6.